The molecule has 1 atom stereocenters. The molecule has 6 nitrogen and oxygen atoms in total. The van der Waals surface area contributed by atoms with Gasteiger partial charge in [0.05, 0.1) is 18.0 Å². The maximum absolute atomic E-state index is 11.5. The van der Waals surface area contributed by atoms with E-state index in [4.69, 9.17) is 4.74 Å². The van der Waals surface area contributed by atoms with Crippen LogP contribution in [-0.4, -0.2) is 31.1 Å². The van der Waals surface area contributed by atoms with E-state index >= 15 is 0 Å². The molecule has 1 aliphatic heterocycles. The molecule has 0 N–H and O–H groups in total. The Kier molecular flexibility index (Phi) is 3.99. The summed E-state index contributed by atoms with van der Waals surface area (Å²) < 4.78 is 4.77. The SMILES string of the molecule is COC(=O)C1CCCN(c2ccc([N+](=O)[O-])cc2)C1. The molecule has 1 fully saturated rings. The van der Waals surface area contributed by atoms with Crippen LogP contribution in [0.5, 0.6) is 0 Å². The van der Waals surface area contributed by atoms with Crippen LogP contribution in [0.15, 0.2) is 24.3 Å². The molecule has 0 bridgehead atoms. The molecule has 1 aliphatic rings. The minimum absolute atomic E-state index is 0.0743. The van der Waals surface area contributed by atoms with Crippen LogP contribution in [0.3, 0.4) is 0 Å². The van der Waals surface area contributed by atoms with Gasteiger partial charge in [-0.05, 0) is 25.0 Å². The van der Waals surface area contributed by atoms with Gasteiger partial charge in [-0.3, -0.25) is 14.9 Å². The lowest BCUT2D eigenvalue weighted by molar-refractivity contribution is -0.384. The Labute approximate surface area is 111 Å². The van der Waals surface area contributed by atoms with Gasteiger partial charge in [-0.15, -0.1) is 0 Å². The number of nitrogens with zero attached hydrogens (tertiary/aromatic N) is 2. The maximum atomic E-state index is 11.5. The molecule has 0 radical (unpaired) electrons. The predicted molar refractivity (Wildman–Crippen MR) is 70.0 cm³/mol. The molecule has 1 unspecified atom stereocenters. The van der Waals surface area contributed by atoms with Crippen LogP contribution >= 0.6 is 0 Å². The molecule has 0 saturated carbocycles. The van der Waals surface area contributed by atoms with Gasteiger partial charge in [0.2, 0.25) is 0 Å². The Hall–Kier alpha value is -2.11. The largest absolute Gasteiger partial charge is 0.469 e. The highest BCUT2D eigenvalue weighted by atomic mass is 16.6. The number of carbonyl (C=O) groups is 1. The number of nitro groups is 1. The van der Waals surface area contributed by atoms with Gasteiger partial charge < -0.3 is 9.64 Å². The lowest BCUT2D eigenvalue weighted by Crippen LogP contribution is -2.39. The van der Waals surface area contributed by atoms with E-state index in [-0.39, 0.29) is 17.6 Å². The fourth-order valence-corrected chi connectivity index (χ4v) is 2.36. The van der Waals surface area contributed by atoms with Gasteiger partial charge in [-0.1, -0.05) is 0 Å². The smallest absolute Gasteiger partial charge is 0.310 e. The molecule has 0 spiro atoms. The van der Waals surface area contributed by atoms with Crippen molar-refractivity contribution in [2.45, 2.75) is 12.8 Å². The number of carbonyl (C=O) groups excluding carboxylic acids is 1. The fraction of sp³-hybridized carbons (Fsp3) is 0.462. The zero-order valence-electron chi connectivity index (χ0n) is 10.7. The summed E-state index contributed by atoms with van der Waals surface area (Å²) in [5, 5.41) is 10.6. The summed E-state index contributed by atoms with van der Waals surface area (Å²) in [6.45, 7) is 1.45. The van der Waals surface area contributed by atoms with Crippen molar-refractivity contribution >= 4 is 17.3 Å². The zero-order chi connectivity index (χ0) is 13.8. The molecular weight excluding hydrogens is 248 g/mol. The lowest BCUT2D eigenvalue weighted by Gasteiger charge is -2.33. The minimum Gasteiger partial charge on any atom is -0.469 e. The van der Waals surface area contributed by atoms with E-state index in [1.807, 2.05) is 0 Å². The van der Waals surface area contributed by atoms with Crippen LogP contribution in [0.25, 0.3) is 0 Å². The third-order valence-corrected chi connectivity index (χ3v) is 3.38. The Morgan fingerprint density at radius 1 is 1.42 bits per heavy atom. The summed E-state index contributed by atoms with van der Waals surface area (Å²) in [5.41, 5.74) is 0.976. The van der Waals surface area contributed by atoms with Crippen LogP contribution in [-0.2, 0) is 9.53 Å². The molecule has 19 heavy (non-hydrogen) atoms. The summed E-state index contributed by atoms with van der Waals surface area (Å²) in [6.07, 6.45) is 1.74. The highest BCUT2D eigenvalue weighted by molar-refractivity contribution is 5.73. The number of non-ortho nitro benzene ring substituents is 1. The lowest BCUT2D eigenvalue weighted by atomic mass is 9.97. The van der Waals surface area contributed by atoms with Crippen LogP contribution in [0.2, 0.25) is 0 Å². The maximum Gasteiger partial charge on any atom is 0.310 e. The van der Waals surface area contributed by atoms with E-state index in [2.05, 4.69) is 4.90 Å². The van der Waals surface area contributed by atoms with E-state index in [9.17, 15) is 14.9 Å². The summed E-state index contributed by atoms with van der Waals surface area (Å²) >= 11 is 0. The Bertz CT molecular complexity index is 472. The number of hydrogen-bond donors (Lipinski definition) is 0. The van der Waals surface area contributed by atoms with Gasteiger partial charge in [-0.25, -0.2) is 0 Å². The molecule has 0 aromatic heterocycles. The summed E-state index contributed by atoms with van der Waals surface area (Å²) in [6, 6.07) is 6.41. The van der Waals surface area contributed by atoms with E-state index in [0.717, 1.165) is 25.1 Å². The molecule has 6 heteroatoms. The van der Waals surface area contributed by atoms with Crippen molar-refractivity contribution in [3.05, 3.63) is 34.4 Å². The highest BCUT2D eigenvalue weighted by Gasteiger charge is 2.26. The van der Waals surface area contributed by atoms with Gasteiger partial charge in [0.25, 0.3) is 5.69 Å². The van der Waals surface area contributed by atoms with Crippen LogP contribution < -0.4 is 4.90 Å². The molecule has 1 heterocycles. The van der Waals surface area contributed by atoms with Crippen molar-refractivity contribution < 1.29 is 14.5 Å². The van der Waals surface area contributed by atoms with E-state index in [1.165, 1.54) is 19.2 Å². The number of esters is 1. The Morgan fingerprint density at radius 3 is 2.68 bits per heavy atom. The number of ether oxygens (including phenoxy) is 1. The fourth-order valence-electron chi connectivity index (χ4n) is 2.36. The monoisotopic (exact) mass is 264 g/mol. The number of benzene rings is 1. The first-order valence-electron chi connectivity index (χ1n) is 6.19. The number of rotatable bonds is 3. The summed E-state index contributed by atoms with van der Waals surface area (Å²) in [5.74, 6) is -0.305. The standard InChI is InChI=1S/C13H16N2O4/c1-19-13(16)10-3-2-8-14(9-10)11-4-6-12(7-5-11)15(17)18/h4-7,10H,2-3,8-9H2,1H3. The molecule has 1 saturated heterocycles. The molecule has 2 rings (SSSR count). The van der Waals surface area contributed by atoms with Gasteiger partial charge in [0.15, 0.2) is 0 Å². The average Bonchev–Trinajstić information content (AvgIpc) is 2.46. The number of hydrogen-bond acceptors (Lipinski definition) is 5. The van der Waals surface area contributed by atoms with Crippen molar-refractivity contribution in [2.75, 3.05) is 25.1 Å². The molecule has 102 valence electrons. The Morgan fingerprint density at radius 2 is 2.11 bits per heavy atom. The molecular formula is C13H16N2O4. The third kappa shape index (κ3) is 3.01. The van der Waals surface area contributed by atoms with Crippen molar-refractivity contribution in [1.29, 1.82) is 0 Å². The first-order chi connectivity index (χ1) is 9.11. The number of nitro benzene ring substituents is 1. The minimum atomic E-state index is -0.419. The van der Waals surface area contributed by atoms with Crippen molar-refractivity contribution in [2.24, 2.45) is 5.92 Å². The third-order valence-electron chi connectivity index (χ3n) is 3.38. The number of methoxy groups -OCH3 is 1. The van der Waals surface area contributed by atoms with Crippen molar-refractivity contribution in [1.82, 2.24) is 0 Å². The topological polar surface area (TPSA) is 72.7 Å². The van der Waals surface area contributed by atoms with Crippen molar-refractivity contribution in [3.63, 3.8) is 0 Å². The second kappa shape index (κ2) is 5.69. The van der Waals surface area contributed by atoms with Crippen LogP contribution in [0, 0.1) is 16.0 Å². The molecule has 0 aliphatic carbocycles. The Balaban J connectivity index is 2.08. The van der Waals surface area contributed by atoms with E-state index in [0.29, 0.717) is 6.54 Å². The predicted octanol–water partition coefficient (Wildman–Crippen LogP) is 1.98. The van der Waals surface area contributed by atoms with Gasteiger partial charge in [-0.2, -0.15) is 0 Å². The number of piperidine rings is 1. The quantitative estimate of drug-likeness (QED) is 0.474. The molecule has 1 aromatic carbocycles. The van der Waals surface area contributed by atoms with Gasteiger partial charge in [0, 0.05) is 30.9 Å². The van der Waals surface area contributed by atoms with Crippen molar-refractivity contribution in [3.8, 4) is 0 Å². The van der Waals surface area contributed by atoms with Crippen LogP contribution in [0.1, 0.15) is 12.8 Å². The summed E-state index contributed by atoms with van der Waals surface area (Å²) in [7, 11) is 1.40. The van der Waals surface area contributed by atoms with Crippen LogP contribution in [0.4, 0.5) is 11.4 Å². The normalized spacial score (nSPS) is 19.0. The second-order valence-electron chi connectivity index (χ2n) is 4.58. The average molecular weight is 264 g/mol. The van der Waals surface area contributed by atoms with E-state index in [1.54, 1.807) is 12.1 Å². The first-order valence-corrected chi connectivity index (χ1v) is 6.19. The van der Waals surface area contributed by atoms with Gasteiger partial charge >= 0.3 is 5.97 Å². The highest BCUT2D eigenvalue weighted by Crippen LogP contribution is 2.25. The zero-order valence-corrected chi connectivity index (χ0v) is 10.7. The van der Waals surface area contributed by atoms with E-state index < -0.39 is 4.92 Å². The summed E-state index contributed by atoms with van der Waals surface area (Å²) in [4.78, 5) is 23.8. The number of anilines is 1. The first kappa shape index (κ1) is 13.3. The second-order valence-corrected chi connectivity index (χ2v) is 4.58. The molecule has 1 aromatic rings. The van der Waals surface area contributed by atoms with Gasteiger partial charge in [0.1, 0.15) is 0 Å². The molecule has 0 amide bonds.